The van der Waals surface area contributed by atoms with E-state index in [9.17, 15) is 29.1 Å². The summed E-state index contributed by atoms with van der Waals surface area (Å²) >= 11 is 0. The van der Waals surface area contributed by atoms with Gasteiger partial charge >= 0.3 is 12.3 Å². The van der Waals surface area contributed by atoms with Crippen LogP contribution < -0.4 is 32.7 Å². The monoisotopic (exact) mass is 713 g/mol. The van der Waals surface area contributed by atoms with Crippen LogP contribution in [0.2, 0.25) is 0 Å². The number of hydrogen-bond donors (Lipinski definition) is 7. The minimum absolute atomic E-state index is 0.0169. The molecule has 0 aliphatic carbocycles. The van der Waals surface area contributed by atoms with Crippen molar-refractivity contribution in [2.24, 2.45) is 28.3 Å². The summed E-state index contributed by atoms with van der Waals surface area (Å²) < 4.78 is 5.33. The van der Waals surface area contributed by atoms with E-state index < -0.39 is 53.9 Å². The van der Waals surface area contributed by atoms with Crippen LogP contribution in [-0.4, -0.2) is 89.5 Å². The molecule has 17 heteroatoms. The molecule has 280 valence electrons. The lowest BCUT2D eigenvalue weighted by Crippen LogP contribution is -2.60. The van der Waals surface area contributed by atoms with Crippen LogP contribution in [0, 0.1) is 17.2 Å². The molecule has 6 atom stereocenters. The first kappa shape index (κ1) is 41.8. The Morgan fingerprint density at radius 1 is 1.04 bits per heavy atom. The second-order valence-corrected chi connectivity index (χ2v) is 12.6. The minimum atomic E-state index is -1.10. The maximum absolute atomic E-state index is 14.0. The van der Waals surface area contributed by atoms with Crippen molar-refractivity contribution in [1.29, 1.82) is 5.39 Å². The van der Waals surface area contributed by atoms with Crippen molar-refractivity contribution in [3.63, 3.8) is 0 Å². The summed E-state index contributed by atoms with van der Waals surface area (Å²) in [6.45, 7) is 7.50. The van der Waals surface area contributed by atoms with Gasteiger partial charge in [-0.1, -0.05) is 70.9 Å². The number of amides is 5. The Morgan fingerprint density at radius 3 is 2.31 bits per heavy atom. The first-order chi connectivity index (χ1) is 24.3. The number of carbonyl (C=O) groups excluding carboxylic acids is 5. The number of benzene rings is 1. The van der Waals surface area contributed by atoms with E-state index in [1.54, 1.807) is 31.2 Å². The number of rotatable bonds is 19. The molecule has 17 nitrogen and oxygen atoms in total. The number of carbonyl (C=O) groups is 5. The highest BCUT2D eigenvalue weighted by atomic mass is 16.5. The van der Waals surface area contributed by atoms with Gasteiger partial charge in [-0.05, 0) is 43.1 Å². The van der Waals surface area contributed by atoms with Crippen LogP contribution in [0.15, 0.2) is 47.3 Å². The molecule has 0 aromatic heterocycles. The Balaban J connectivity index is 2.23. The molecule has 0 bridgehead atoms. The maximum atomic E-state index is 14.0. The highest BCUT2D eigenvalue weighted by molar-refractivity contribution is 5.95. The SMILES string of the molecule is CC[C@H](C)[C@H](NC(=O)[C@H](CCCN=C(N)N)NC(=O)OCc1ccccc1)C(=O)N[C@H](C(=O)N1CCC[C@H]1C(=O)NC/C(O)=C/[N+]#N)[C@@H](C)CC. The Hall–Kier alpha value is -5.40. The van der Waals surface area contributed by atoms with Crippen molar-refractivity contribution >= 4 is 35.7 Å². The van der Waals surface area contributed by atoms with E-state index in [4.69, 9.17) is 21.6 Å². The van der Waals surface area contributed by atoms with Gasteiger partial charge in [0, 0.05) is 13.1 Å². The van der Waals surface area contributed by atoms with Crippen molar-refractivity contribution in [3.05, 3.63) is 52.8 Å². The van der Waals surface area contributed by atoms with Crippen LogP contribution >= 0.6 is 0 Å². The molecule has 0 saturated carbocycles. The third-order valence-electron chi connectivity index (χ3n) is 8.83. The van der Waals surface area contributed by atoms with Gasteiger partial charge in [0.15, 0.2) is 16.7 Å². The first-order valence-corrected chi connectivity index (χ1v) is 17.3. The summed E-state index contributed by atoms with van der Waals surface area (Å²) in [5.41, 5.74) is 11.6. The van der Waals surface area contributed by atoms with E-state index in [1.807, 2.05) is 26.8 Å². The highest BCUT2D eigenvalue weighted by Crippen LogP contribution is 2.22. The van der Waals surface area contributed by atoms with Gasteiger partial charge in [-0.25, -0.2) is 4.79 Å². The molecule has 1 aromatic rings. The summed E-state index contributed by atoms with van der Waals surface area (Å²) in [4.78, 5) is 75.4. The number of alkyl carbamates (subject to hydrolysis) is 1. The molecule has 0 unspecified atom stereocenters. The number of nitrogens with zero attached hydrogens (tertiary/aromatic N) is 4. The number of guanidine groups is 1. The third-order valence-corrected chi connectivity index (χ3v) is 8.83. The molecule has 9 N–H and O–H groups in total. The van der Waals surface area contributed by atoms with Crippen molar-refractivity contribution in [3.8, 4) is 0 Å². The zero-order valence-electron chi connectivity index (χ0n) is 29.8. The summed E-state index contributed by atoms with van der Waals surface area (Å²) in [5.74, 6) is -3.37. The Bertz CT molecular complexity index is 1430. The lowest BCUT2D eigenvalue weighted by molar-refractivity contribution is -0.143. The Labute approximate surface area is 298 Å². The molecule has 1 aliphatic rings. The van der Waals surface area contributed by atoms with Crippen LogP contribution in [-0.2, 0) is 30.5 Å². The number of nitrogens with two attached hydrogens (primary N) is 2. The number of likely N-dealkylation sites (tertiary alicyclic amines) is 1. The fourth-order valence-corrected chi connectivity index (χ4v) is 5.45. The van der Waals surface area contributed by atoms with E-state index in [-0.39, 0.29) is 56.2 Å². The maximum Gasteiger partial charge on any atom is 0.408 e. The van der Waals surface area contributed by atoms with Crippen LogP contribution in [0.25, 0.3) is 4.98 Å². The Morgan fingerprint density at radius 2 is 1.69 bits per heavy atom. The number of aliphatic hydroxyl groups is 1. The van der Waals surface area contributed by atoms with Crippen LogP contribution in [0.4, 0.5) is 4.79 Å². The van der Waals surface area contributed by atoms with E-state index in [0.717, 1.165) is 11.8 Å². The fourth-order valence-electron chi connectivity index (χ4n) is 5.45. The van der Waals surface area contributed by atoms with Gasteiger partial charge in [-0.2, -0.15) is 0 Å². The first-order valence-electron chi connectivity index (χ1n) is 17.3. The van der Waals surface area contributed by atoms with Gasteiger partial charge in [0.05, 0.1) is 6.54 Å². The molecule has 1 heterocycles. The second kappa shape index (κ2) is 21.6. The van der Waals surface area contributed by atoms with Gasteiger partial charge in [0.2, 0.25) is 29.0 Å². The standard InChI is InChI=1S/C34H52N10O7/c1-5-21(3)27(42-29(46)25(14-10-16-38-33(35)36)41-34(50)51-20-23-12-8-7-9-13-23)31(48)43-28(22(4)6-2)32(49)44-17-11-15-26(44)30(47)39-18-24(45)19-40-37/h7-9,12-13,19,21-22,25-28H,5-6,10-11,14-18,20H2,1-4H3,(H8-,35,36,38,39,41,42,43,45,46,47,48,50)/p+1/b24-19-/t21-,22-,25-,26-,27-,28-/m0/s1. The molecule has 1 saturated heterocycles. The summed E-state index contributed by atoms with van der Waals surface area (Å²) in [6, 6.07) is 5.00. The molecule has 5 amide bonds. The number of nitrogens with one attached hydrogen (secondary N) is 4. The number of aliphatic imine (C=N–C) groups is 1. The average molecular weight is 714 g/mol. The van der Waals surface area contributed by atoms with Crippen LogP contribution in [0.3, 0.4) is 0 Å². The largest absolute Gasteiger partial charge is 0.504 e. The lowest BCUT2D eigenvalue weighted by atomic mass is 9.94. The second-order valence-electron chi connectivity index (χ2n) is 12.6. The molecule has 0 radical (unpaired) electrons. The van der Waals surface area contributed by atoms with Crippen LogP contribution in [0.5, 0.6) is 0 Å². The van der Waals surface area contributed by atoms with Crippen molar-refractivity contribution in [2.75, 3.05) is 19.6 Å². The normalized spacial score (nSPS) is 17.0. The van der Waals surface area contributed by atoms with Crippen molar-refractivity contribution < 1.29 is 33.8 Å². The van der Waals surface area contributed by atoms with Crippen LogP contribution in [0.1, 0.15) is 71.8 Å². The summed E-state index contributed by atoms with van der Waals surface area (Å²) in [7, 11) is 0. The quantitative estimate of drug-likeness (QED) is 0.0359. The molecule has 2 rings (SSSR count). The molecule has 1 aromatic carbocycles. The van der Waals surface area contributed by atoms with Gasteiger partial charge in [0.25, 0.3) is 0 Å². The number of ether oxygens (including phenoxy) is 1. The zero-order valence-corrected chi connectivity index (χ0v) is 29.8. The number of aliphatic hydroxyl groups excluding tert-OH is 1. The van der Waals surface area contributed by atoms with Crippen molar-refractivity contribution in [2.45, 2.75) is 97.0 Å². The van der Waals surface area contributed by atoms with Gasteiger partial charge in [0.1, 0.15) is 30.8 Å². The third kappa shape index (κ3) is 13.8. The van der Waals surface area contributed by atoms with E-state index in [0.29, 0.717) is 32.1 Å². The molecular weight excluding hydrogens is 660 g/mol. The predicted octanol–water partition coefficient (Wildman–Crippen LogP) is 1.76. The van der Waals surface area contributed by atoms with Gasteiger partial charge < -0.3 is 47.5 Å². The molecular formula is C34H53N10O7+. The van der Waals surface area contributed by atoms with Gasteiger partial charge in [-0.15, -0.1) is 0 Å². The summed E-state index contributed by atoms with van der Waals surface area (Å²) in [5, 5.41) is 29.0. The molecule has 0 spiro atoms. The molecule has 1 aliphatic heterocycles. The fraction of sp³-hybridized carbons (Fsp3) is 0.588. The lowest BCUT2D eigenvalue weighted by Gasteiger charge is -2.33. The van der Waals surface area contributed by atoms with Crippen molar-refractivity contribution in [1.82, 2.24) is 26.2 Å². The summed E-state index contributed by atoms with van der Waals surface area (Å²) in [6.07, 6.45) is 2.37. The number of diazo groups is 1. The highest BCUT2D eigenvalue weighted by Gasteiger charge is 2.40. The molecule has 1 fully saturated rings. The predicted molar refractivity (Wildman–Crippen MR) is 190 cm³/mol. The topological polar surface area (TPSA) is 259 Å². The van der Waals surface area contributed by atoms with E-state index in [1.165, 1.54) is 4.90 Å². The smallest absolute Gasteiger partial charge is 0.408 e. The van der Waals surface area contributed by atoms with Gasteiger partial charge in [-0.3, -0.25) is 24.2 Å². The Kier molecular flexibility index (Phi) is 17.7. The molecule has 51 heavy (non-hydrogen) atoms. The average Bonchev–Trinajstić information content (AvgIpc) is 3.62. The number of hydrogen-bond acceptors (Lipinski definition) is 9. The minimum Gasteiger partial charge on any atom is -0.504 e. The zero-order chi connectivity index (χ0) is 37.9. The van der Waals surface area contributed by atoms with E-state index in [2.05, 4.69) is 31.2 Å². The van der Waals surface area contributed by atoms with E-state index >= 15 is 0 Å².